The zero-order valence-electron chi connectivity index (χ0n) is 13.5. The van der Waals surface area contributed by atoms with Crippen LogP contribution in [0.2, 0.25) is 0 Å². The van der Waals surface area contributed by atoms with Crippen molar-refractivity contribution in [1.82, 2.24) is 5.32 Å². The zero-order valence-corrected chi connectivity index (χ0v) is 13.5. The minimum Gasteiger partial charge on any atom is -0.497 e. The topological polar surface area (TPSA) is 67.8 Å². The van der Waals surface area contributed by atoms with Gasteiger partial charge >= 0.3 is 5.97 Å². The predicted octanol–water partition coefficient (Wildman–Crippen LogP) is 3.25. The van der Waals surface area contributed by atoms with Crippen LogP contribution >= 0.6 is 0 Å². The first-order valence-corrected chi connectivity index (χ1v) is 7.32. The third kappa shape index (κ3) is 4.23. The van der Waals surface area contributed by atoms with Crippen LogP contribution in [0.3, 0.4) is 0 Å². The lowest BCUT2D eigenvalue weighted by atomic mass is 10.1. The lowest BCUT2D eigenvalue weighted by Gasteiger charge is -2.18. The average molecular weight is 315 g/mol. The van der Waals surface area contributed by atoms with Gasteiger partial charge in [0.05, 0.1) is 19.8 Å². The summed E-state index contributed by atoms with van der Waals surface area (Å²) in [5, 5.41) is 12.3. The van der Waals surface area contributed by atoms with Gasteiger partial charge in [-0.2, -0.15) is 0 Å². The van der Waals surface area contributed by atoms with Crippen LogP contribution in [0.15, 0.2) is 42.5 Å². The molecule has 2 aromatic rings. The molecule has 0 fully saturated rings. The smallest absolute Gasteiger partial charge is 0.335 e. The molecular weight excluding hydrogens is 294 g/mol. The fourth-order valence-corrected chi connectivity index (χ4v) is 2.32. The Bertz CT molecular complexity index is 667. The van der Waals surface area contributed by atoms with E-state index in [0.717, 1.165) is 22.6 Å². The number of carboxylic acids is 1. The van der Waals surface area contributed by atoms with Gasteiger partial charge in [0.15, 0.2) is 0 Å². The lowest BCUT2D eigenvalue weighted by molar-refractivity contribution is 0.0697. The number of rotatable bonds is 7. The van der Waals surface area contributed by atoms with E-state index in [-0.39, 0.29) is 11.6 Å². The Labute approximate surface area is 135 Å². The van der Waals surface area contributed by atoms with Crippen LogP contribution in [0.1, 0.15) is 34.5 Å². The molecule has 0 saturated carbocycles. The molecule has 0 saturated heterocycles. The molecule has 0 aromatic heterocycles. The Kier molecular flexibility index (Phi) is 5.60. The number of hydrogen-bond acceptors (Lipinski definition) is 4. The van der Waals surface area contributed by atoms with Gasteiger partial charge in [0.1, 0.15) is 11.5 Å². The minimum atomic E-state index is -0.918. The van der Waals surface area contributed by atoms with Crippen molar-refractivity contribution in [2.45, 2.75) is 19.5 Å². The summed E-state index contributed by atoms with van der Waals surface area (Å²) >= 11 is 0. The minimum absolute atomic E-state index is 0.0548. The normalized spacial score (nSPS) is 11.8. The van der Waals surface area contributed by atoms with Crippen molar-refractivity contribution in [3.8, 4) is 11.5 Å². The number of hydrogen-bond donors (Lipinski definition) is 2. The third-order valence-corrected chi connectivity index (χ3v) is 3.72. The molecule has 2 rings (SSSR count). The summed E-state index contributed by atoms with van der Waals surface area (Å²) in [7, 11) is 3.27. The molecule has 0 aliphatic carbocycles. The number of carboxylic acid groups (broad SMARTS) is 1. The Morgan fingerprint density at radius 1 is 1.13 bits per heavy atom. The summed E-state index contributed by atoms with van der Waals surface area (Å²) in [6.45, 7) is 2.67. The van der Waals surface area contributed by atoms with Gasteiger partial charge in [-0.15, -0.1) is 0 Å². The first kappa shape index (κ1) is 16.8. The zero-order chi connectivity index (χ0) is 16.8. The van der Waals surface area contributed by atoms with Crippen molar-refractivity contribution in [3.63, 3.8) is 0 Å². The molecule has 0 aliphatic rings. The summed E-state index contributed by atoms with van der Waals surface area (Å²) < 4.78 is 10.7. The van der Waals surface area contributed by atoms with Crippen LogP contribution < -0.4 is 14.8 Å². The average Bonchev–Trinajstić information content (AvgIpc) is 2.59. The number of carbonyl (C=O) groups is 1. The van der Waals surface area contributed by atoms with Crippen molar-refractivity contribution >= 4 is 5.97 Å². The summed E-state index contributed by atoms with van der Waals surface area (Å²) in [6, 6.07) is 12.6. The molecular formula is C18H21NO4. The lowest BCUT2D eigenvalue weighted by Crippen LogP contribution is -2.18. The number of nitrogens with one attached hydrogen (secondary N) is 1. The second-order valence-corrected chi connectivity index (χ2v) is 5.21. The Hall–Kier alpha value is -2.53. The van der Waals surface area contributed by atoms with Gasteiger partial charge in [-0.25, -0.2) is 4.79 Å². The van der Waals surface area contributed by atoms with Gasteiger partial charge in [-0.3, -0.25) is 0 Å². The highest BCUT2D eigenvalue weighted by Crippen LogP contribution is 2.29. The summed E-state index contributed by atoms with van der Waals surface area (Å²) in [5.41, 5.74) is 2.31. The molecule has 0 aliphatic heterocycles. The second kappa shape index (κ2) is 7.65. The van der Waals surface area contributed by atoms with E-state index in [1.165, 1.54) is 0 Å². The number of benzene rings is 2. The molecule has 2 N–H and O–H groups in total. The van der Waals surface area contributed by atoms with Gasteiger partial charge in [-0.1, -0.05) is 12.1 Å². The molecule has 23 heavy (non-hydrogen) atoms. The molecule has 1 unspecified atom stereocenters. The van der Waals surface area contributed by atoms with Gasteiger partial charge in [-0.05, 0) is 42.8 Å². The molecule has 0 bridgehead atoms. The fraction of sp³-hybridized carbons (Fsp3) is 0.278. The Morgan fingerprint density at radius 2 is 1.83 bits per heavy atom. The molecule has 0 heterocycles. The van der Waals surface area contributed by atoms with Crippen LogP contribution in [0, 0.1) is 0 Å². The van der Waals surface area contributed by atoms with Gasteiger partial charge in [0, 0.05) is 18.2 Å². The predicted molar refractivity (Wildman–Crippen MR) is 88.2 cm³/mol. The molecule has 0 amide bonds. The van der Waals surface area contributed by atoms with Crippen molar-refractivity contribution in [3.05, 3.63) is 59.2 Å². The summed E-state index contributed by atoms with van der Waals surface area (Å²) in [4.78, 5) is 10.9. The van der Waals surface area contributed by atoms with Crippen LogP contribution in [0.25, 0.3) is 0 Å². The van der Waals surface area contributed by atoms with Crippen LogP contribution in [-0.2, 0) is 6.54 Å². The first-order chi connectivity index (χ1) is 11.0. The van der Waals surface area contributed by atoms with Gasteiger partial charge in [0.2, 0.25) is 0 Å². The highest BCUT2D eigenvalue weighted by Gasteiger charge is 2.12. The third-order valence-electron chi connectivity index (χ3n) is 3.72. The molecule has 2 aromatic carbocycles. The van der Waals surface area contributed by atoms with Crippen molar-refractivity contribution in [1.29, 1.82) is 0 Å². The van der Waals surface area contributed by atoms with E-state index in [1.54, 1.807) is 26.4 Å². The highest BCUT2D eigenvalue weighted by molar-refractivity contribution is 5.87. The van der Waals surface area contributed by atoms with Crippen molar-refractivity contribution in [2.75, 3.05) is 14.2 Å². The summed E-state index contributed by atoms with van der Waals surface area (Å²) in [5.74, 6) is 0.659. The standard InChI is InChI=1S/C18H21NO4/c1-12(16-10-15(22-2)8-9-17(16)23-3)19-11-13-4-6-14(7-5-13)18(20)21/h4-10,12,19H,11H2,1-3H3,(H,20,21). The quantitative estimate of drug-likeness (QED) is 0.821. The first-order valence-electron chi connectivity index (χ1n) is 7.32. The Balaban J connectivity index is 2.07. The van der Waals surface area contributed by atoms with E-state index in [4.69, 9.17) is 14.6 Å². The van der Waals surface area contributed by atoms with E-state index in [2.05, 4.69) is 5.32 Å². The van der Waals surface area contributed by atoms with Crippen LogP contribution in [0.5, 0.6) is 11.5 Å². The SMILES string of the molecule is COc1ccc(OC)c(C(C)NCc2ccc(C(=O)O)cc2)c1. The molecule has 0 spiro atoms. The van der Waals surface area contributed by atoms with E-state index in [0.29, 0.717) is 6.54 Å². The number of ether oxygens (including phenoxy) is 2. The van der Waals surface area contributed by atoms with E-state index < -0.39 is 5.97 Å². The van der Waals surface area contributed by atoms with Crippen molar-refractivity contribution in [2.24, 2.45) is 0 Å². The number of methoxy groups -OCH3 is 2. The molecule has 122 valence electrons. The van der Waals surface area contributed by atoms with Crippen LogP contribution in [0.4, 0.5) is 0 Å². The molecule has 5 nitrogen and oxygen atoms in total. The number of aromatic carboxylic acids is 1. The van der Waals surface area contributed by atoms with Crippen LogP contribution in [-0.4, -0.2) is 25.3 Å². The van der Waals surface area contributed by atoms with E-state index in [9.17, 15) is 4.79 Å². The maximum atomic E-state index is 10.9. The highest BCUT2D eigenvalue weighted by atomic mass is 16.5. The Morgan fingerprint density at radius 3 is 2.39 bits per heavy atom. The van der Waals surface area contributed by atoms with E-state index in [1.807, 2.05) is 37.3 Å². The molecule has 1 atom stereocenters. The van der Waals surface area contributed by atoms with Gasteiger partial charge < -0.3 is 19.9 Å². The molecule has 5 heteroatoms. The maximum Gasteiger partial charge on any atom is 0.335 e. The second-order valence-electron chi connectivity index (χ2n) is 5.21. The summed E-state index contributed by atoms with van der Waals surface area (Å²) in [6.07, 6.45) is 0. The van der Waals surface area contributed by atoms with Crippen molar-refractivity contribution < 1.29 is 19.4 Å². The fourth-order valence-electron chi connectivity index (χ4n) is 2.32. The van der Waals surface area contributed by atoms with E-state index >= 15 is 0 Å². The van der Waals surface area contributed by atoms with Gasteiger partial charge in [0.25, 0.3) is 0 Å². The monoisotopic (exact) mass is 315 g/mol. The maximum absolute atomic E-state index is 10.9. The molecule has 0 radical (unpaired) electrons. The largest absolute Gasteiger partial charge is 0.497 e.